The molecule has 11 heteroatoms. The van der Waals surface area contributed by atoms with Gasteiger partial charge in [0, 0.05) is 0 Å². The first-order chi connectivity index (χ1) is 9.67. The number of rotatable bonds is 2. The summed E-state index contributed by atoms with van der Waals surface area (Å²) < 4.78 is 15.1. The molecule has 0 bridgehead atoms. The predicted molar refractivity (Wildman–Crippen MR) is 76.0 cm³/mol. The van der Waals surface area contributed by atoms with E-state index in [0.717, 1.165) is 4.90 Å². The molecule has 1 unspecified atom stereocenters. The molecule has 2 aliphatic rings. The maximum absolute atomic E-state index is 12.1. The van der Waals surface area contributed by atoms with Crippen LogP contribution in [-0.4, -0.2) is 46.6 Å². The van der Waals surface area contributed by atoms with Gasteiger partial charge in [-0.25, -0.2) is 9.00 Å². The summed E-state index contributed by atoms with van der Waals surface area (Å²) in [7, 11) is -1.71. The first-order valence-electron chi connectivity index (χ1n) is 5.57. The highest BCUT2D eigenvalue weighted by Gasteiger charge is 2.54. The van der Waals surface area contributed by atoms with Gasteiger partial charge < -0.3 is 10.3 Å². The number of amides is 1. The molecule has 1 saturated heterocycles. The molecule has 1 fully saturated rings. The predicted octanol–water partition coefficient (Wildman–Crippen LogP) is 1.12. The summed E-state index contributed by atoms with van der Waals surface area (Å²) in [5, 5.41) is -0.924. The van der Waals surface area contributed by atoms with Crippen LogP contribution in [0.1, 0.15) is 13.3 Å². The van der Waals surface area contributed by atoms with Crippen LogP contribution in [0.3, 0.4) is 0 Å². The first kappa shape index (κ1) is 16.5. The van der Waals surface area contributed by atoms with Crippen molar-refractivity contribution in [1.82, 2.24) is 4.90 Å². The van der Waals surface area contributed by atoms with Crippen molar-refractivity contribution in [3.8, 4) is 0 Å². The lowest BCUT2D eigenvalue weighted by Gasteiger charge is -2.41. The van der Waals surface area contributed by atoms with Gasteiger partial charge in [0.15, 0.2) is 10.8 Å². The van der Waals surface area contributed by atoms with Crippen molar-refractivity contribution in [2.75, 3.05) is 6.61 Å². The van der Waals surface area contributed by atoms with Crippen molar-refractivity contribution in [3.05, 3.63) is 16.8 Å². The normalized spacial score (nSPS) is 25.2. The van der Waals surface area contributed by atoms with E-state index in [1.54, 1.807) is 0 Å². The summed E-state index contributed by atoms with van der Waals surface area (Å²) in [6.45, 7) is 0.870. The van der Waals surface area contributed by atoms with Gasteiger partial charge in [-0.1, -0.05) is 34.8 Å². The number of ether oxygens (including phenoxy) is 1. The maximum atomic E-state index is 12.1. The van der Waals surface area contributed by atoms with Crippen molar-refractivity contribution < 1.29 is 23.3 Å². The number of hydrogen-bond acceptors (Lipinski definition) is 4. The molecule has 0 aromatic carbocycles. The third-order valence-electron chi connectivity index (χ3n) is 2.91. The fourth-order valence-corrected chi connectivity index (χ4v) is 3.58. The van der Waals surface area contributed by atoms with Crippen molar-refractivity contribution in [2.24, 2.45) is 0 Å². The number of halogens is 3. The van der Waals surface area contributed by atoms with Crippen molar-refractivity contribution >= 4 is 62.5 Å². The van der Waals surface area contributed by atoms with E-state index in [0.29, 0.717) is 0 Å². The molecular formula is C10H8Cl3N3O4S. The molecule has 7 nitrogen and oxygen atoms in total. The largest absolute Gasteiger partial charge is 0.456 e. The summed E-state index contributed by atoms with van der Waals surface area (Å²) in [5.41, 5.74) is 8.85. The summed E-state index contributed by atoms with van der Waals surface area (Å²) in [6, 6.07) is 0. The van der Waals surface area contributed by atoms with Gasteiger partial charge in [0.2, 0.25) is 9.70 Å². The zero-order valence-electron chi connectivity index (χ0n) is 10.5. The number of carbonyl (C=O) groups is 2. The van der Waals surface area contributed by atoms with Crippen LogP contribution in [0, 0.1) is 0 Å². The second-order valence-corrected chi connectivity index (χ2v) is 8.33. The third kappa shape index (κ3) is 3.00. The Bertz CT molecular complexity index is 636. The molecular weight excluding hydrogens is 365 g/mol. The van der Waals surface area contributed by atoms with Crippen LogP contribution in [0.25, 0.3) is 5.53 Å². The average molecular weight is 373 g/mol. The smallest absolute Gasteiger partial charge is 0.386 e. The fraction of sp³-hybridized carbons (Fsp3) is 0.500. The number of carbonyl (C=O) groups excluding carboxylic acids is 2. The highest BCUT2D eigenvalue weighted by Crippen LogP contribution is 2.36. The first-order valence-corrected chi connectivity index (χ1v) is 7.92. The van der Waals surface area contributed by atoms with Crippen LogP contribution >= 0.6 is 34.8 Å². The summed E-state index contributed by atoms with van der Waals surface area (Å²) in [6.07, 6.45) is -0.0137. The fourth-order valence-electron chi connectivity index (χ4n) is 1.97. The van der Waals surface area contributed by atoms with Crippen LogP contribution in [0.2, 0.25) is 0 Å². The Morgan fingerprint density at radius 2 is 2.19 bits per heavy atom. The van der Waals surface area contributed by atoms with Gasteiger partial charge in [-0.2, -0.15) is 4.79 Å². The van der Waals surface area contributed by atoms with E-state index < -0.39 is 32.5 Å². The lowest BCUT2D eigenvalue weighted by atomic mass is 10.1. The highest BCUT2D eigenvalue weighted by molar-refractivity contribution is 8.01. The molecule has 0 saturated carbocycles. The molecule has 2 atom stereocenters. The standard InChI is InChI=1S/C10H8Cl3N3O4S/c1-4-7(9(18)20-3-10(11,12)13)16-5(17)2-6(16)21(19)8(4)15-14/h6H,2-3H2,1H3/t6-,21?/m1/s1. The van der Waals surface area contributed by atoms with Crippen molar-refractivity contribution in [3.63, 3.8) is 0 Å². The van der Waals surface area contributed by atoms with Crippen LogP contribution in [0.4, 0.5) is 0 Å². The van der Waals surface area contributed by atoms with E-state index in [2.05, 4.69) is 4.79 Å². The van der Waals surface area contributed by atoms with Crippen molar-refractivity contribution in [1.29, 1.82) is 0 Å². The van der Waals surface area contributed by atoms with Crippen LogP contribution < -0.4 is 0 Å². The highest BCUT2D eigenvalue weighted by atomic mass is 35.6. The van der Waals surface area contributed by atoms with E-state index in [4.69, 9.17) is 45.1 Å². The number of alkyl halides is 3. The van der Waals surface area contributed by atoms with Crippen molar-refractivity contribution in [2.45, 2.75) is 22.5 Å². The van der Waals surface area contributed by atoms with E-state index in [1.807, 2.05) is 0 Å². The van der Waals surface area contributed by atoms with Gasteiger partial charge in [0.05, 0.1) is 12.0 Å². The number of nitrogens with zero attached hydrogens (tertiary/aromatic N) is 3. The molecule has 2 aliphatic heterocycles. The third-order valence-corrected chi connectivity index (χ3v) is 4.88. The Kier molecular flexibility index (Phi) is 4.46. The lowest BCUT2D eigenvalue weighted by molar-refractivity contribution is -0.149. The zero-order chi connectivity index (χ0) is 15.9. The lowest BCUT2D eigenvalue weighted by Crippen LogP contribution is -2.59. The maximum Gasteiger partial charge on any atom is 0.386 e. The van der Waals surface area contributed by atoms with Gasteiger partial charge in [-0.05, 0) is 6.92 Å². The minimum atomic E-state index is -1.80. The molecule has 2 rings (SSSR count). The topological polar surface area (TPSA) is 100 Å². The Morgan fingerprint density at radius 3 is 2.67 bits per heavy atom. The van der Waals surface area contributed by atoms with E-state index in [9.17, 15) is 13.8 Å². The molecule has 0 radical (unpaired) electrons. The minimum absolute atomic E-state index is 0.0137. The zero-order valence-corrected chi connectivity index (χ0v) is 13.6. The molecule has 114 valence electrons. The van der Waals surface area contributed by atoms with Crippen LogP contribution in [-0.2, 0) is 25.1 Å². The summed E-state index contributed by atoms with van der Waals surface area (Å²) in [5.74, 6) is -1.31. The summed E-state index contributed by atoms with van der Waals surface area (Å²) in [4.78, 5) is 27.7. The number of esters is 1. The second-order valence-electron chi connectivity index (χ2n) is 4.29. The number of fused-ring (bicyclic) bond motifs is 1. The molecule has 1 amide bonds. The Hall–Kier alpha value is -0.920. The minimum Gasteiger partial charge on any atom is -0.456 e. The molecule has 21 heavy (non-hydrogen) atoms. The average Bonchev–Trinajstić information content (AvgIpc) is 2.37. The molecule has 0 aliphatic carbocycles. The van der Waals surface area contributed by atoms with Gasteiger partial charge in [0.25, 0.3) is 0 Å². The van der Waals surface area contributed by atoms with E-state index >= 15 is 0 Å². The van der Waals surface area contributed by atoms with Crippen LogP contribution in [0.5, 0.6) is 0 Å². The molecule has 0 aromatic heterocycles. The number of β-lactam (4-membered cyclic amide) rings is 1. The second kappa shape index (κ2) is 5.70. The molecule has 0 aromatic rings. The molecule has 0 N–H and O–H groups in total. The quantitative estimate of drug-likeness (QED) is 0.238. The van der Waals surface area contributed by atoms with Gasteiger partial charge in [-0.15, -0.1) is 0 Å². The Morgan fingerprint density at radius 1 is 1.57 bits per heavy atom. The Balaban J connectivity index is 2.36. The SMILES string of the molecule is CC1=C(C(=O)OCC(Cl)(Cl)Cl)N2C(=O)C[C@H]2S(=O)C1=[N+]=[N-]. The van der Waals surface area contributed by atoms with Gasteiger partial charge in [-0.3, -0.25) is 9.69 Å². The molecule has 0 spiro atoms. The Labute approximate surface area is 136 Å². The van der Waals surface area contributed by atoms with E-state index in [-0.39, 0.29) is 28.6 Å². The molecule has 2 heterocycles. The summed E-state index contributed by atoms with van der Waals surface area (Å²) >= 11 is 16.5. The van der Waals surface area contributed by atoms with Gasteiger partial charge in [0.1, 0.15) is 17.7 Å². The monoisotopic (exact) mass is 371 g/mol. The van der Waals surface area contributed by atoms with E-state index in [1.165, 1.54) is 6.92 Å². The van der Waals surface area contributed by atoms with Gasteiger partial charge >= 0.3 is 11.0 Å². The number of hydrogen-bond donors (Lipinski definition) is 0. The van der Waals surface area contributed by atoms with Crippen LogP contribution in [0.15, 0.2) is 11.3 Å².